The molecule has 1 amide bonds. The van der Waals surface area contributed by atoms with Gasteiger partial charge in [-0.15, -0.1) is 0 Å². The van der Waals surface area contributed by atoms with Gasteiger partial charge in [-0.2, -0.15) is 0 Å². The normalized spacial score (nSPS) is 13.5. The first-order valence-corrected chi connectivity index (χ1v) is 14.4. The molecule has 0 aromatic carbocycles. The van der Waals surface area contributed by atoms with E-state index in [1.54, 1.807) is 6.08 Å². The van der Waals surface area contributed by atoms with Gasteiger partial charge in [-0.1, -0.05) is 135 Å². The second kappa shape index (κ2) is 25.7. The third-order valence-corrected chi connectivity index (χ3v) is 6.52. The molecule has 3 N–H and O–H groups in total. The SMILES string of the molecule is CCCCCC/C=C/C(O)C(CO)NC(=O)CCCCCCCCCCCCCCCCC. The molecule has 2 atom stereocenters. The van der Waals surface area contributed by atoms with E-state index in [0.717, 1.165) is 25.7 Å². The van der Waals surface area contributed by atoms with Crippen LogP contribution in [0.5, 0.6) is 0 Å². The lowest BCUT2D eigenvalue weighted by Gasteiger charge is -2.20. The summed E-state index contributed by atoms with van der Waals surface area (Å²) < 4.78 is 0. The highest BCUT2D eigenvalue weighted by molar-refractivity contribution is 5.76. The maximum absolute atomic E-state index is 12.1. The van der Waals surface area contributed by atoms with E-state index < -0.39 is 12.1 Å². The lowest BCUT2D eigenvalue weighted by atomic mass is 10.0. The minimum atomic E-state index is -0.828. The maximum atomic E-state index is 12.1. The van der Waals surface area contributed by atoms with Gasteiger partial charge >= 0.3 is 0 Å². The quantitative estimate of drug-likeness (QED) is 0.0955. The van der Waals surface area contributed by atoms with E-state index in [1.165, 1.54) is 103 Å². The van der Waals surface area contributed by atoms with Crippen molar-refractivity contribution < 1.29 is 15.0 Å². The Hall–Kier alpha value is -0.870. The lowest BCUT2D eigenvalue weighted by molar-refractivity contribution is -0.123. The van der Waals surface area contributed by atoms with Gasteiger partial charge in [0.25, 0.3) is 0 Å². The highest BCUT2D eigenvalue weighted by Crippen LogP contribution is 2.14. The second-order valence-electron chi connectivity index (χ2n) is 9.82. The van der Waals surface area contributed by atoms with Crippen LogP contribution < -0.4 is 5.32 Å². The van der Waals surface area contributed by atoms with E-state index in [-0.39, 0.29) is 12.5 Å². The second-order valence-corrected chi connectivity index (χ2v) is 9.82. The van der Waals surface area contributed by atoms with Crippen molar-refractivity contribution in [1.82, 2.24) is 5.32 Å². The van der Waals surface area contributed by atoms with Gasteiger partial charge in [-0.3, -0.25) is 4.79 Å². The van der Waals surface area contributed by atoms with Crippen LogP contribution in [0.2, 0.25) is 0 Å². The lowest BCUT2D eigenvalue weighted by Crippen LogP contribution is -2.45. The monoisotopic (exact) mass is 467 g/mol. The van der Waals surface area contributed by atoms with Gasteiger partial charge in [-0.05, 0) is 19.3 Å². The van der Waals surface area contributed by atoms with Crippen LogP contribution in [-0.4, -0.2) is 34.9 Å². The number of unbranched alkanes of at least 4 members (excludes halogenated alkanes) is 18. The Labute approximate surface area is 206 Å². The molecule has 4 heteroatoms. The zero-order valence-corrected chi connectivity index (χ0v) is 22.2. The minimum absolute atomic E-state index is 0.0702. The number of aliphatic hydroxyl groups excluding tert-OH is 2. The van der Waals surface area contributed by atoms with Crippen LogP contribution in [-0.2, 0) is 4.79 Å². The Bertz CT molecular complexity index is 439. The highest BCUT2D eigenvalue weighted by Gasteiger charge is 2.17. The third-order valence-electron chi connectivity index (χ3n) is 6.52. The van der Waals surface area contributed by atoms with E-state index in [4.69, 9.17) is 0 Å². The number of amides is 1. The largest absolute Gasteiger partial charge is 0.394 e. The molecule has 0 aliphatic heterocycles. The molecule has 4 nitrogen and oxygen atoms in total. The molecule has 196 valence electrons. The van der Waals surface area contributed by atoms with Crippen LogP contribution in [0.4, 0.5) is 0 Å². The Morgan fingerprint density at radius 1 is 0.697 bits per heavy atom. The third kappa shape index (κ3) is 22.7. The van der Waals surface area contributed by atoms with Gasteiger partial charge in [0.05, 0.1) is 18.8 Å². The first kappa shape index (κ1) is 32.1. The first-order valence-electron chi connectivity index (χ1n) is 14.4. The Morgan fingerprint density at radius 3 is 1.58 bits per heavy atom. The van der Waals surface area contributed by atoms with Crippen molar-refractivity contribution in [2.45, 2.75) is 161 Å². The maximum Gasteiger partial charge on any atom is 0.220 e. The predicted molar refractivity (Wildman–Crippen MR) is 142 cm³/mol. The number of allylic oxidation sites excluding steroid dienone is 1. The standard InChI is InChI=1S/C29H57NO3/c1-3-5-7-9-11-12-13-14-15-16-17-18-19-21-23-25-29(33)30-27(26-31)28(32)24-22-20-10-8-6-4-2/h22,24,27-28,31-32H,3-21,23,25-26H2,1-2H3,(H,30,33)/b24-22+. The zero-order chi connectivity index (χ0) is 24.4. The summed E-state index contributed by atoms with van der Waals surface area (Å²) in [7, 11) is 0. The molecule has 0 fully saturated rings. The molecule has 0 spiro atoms. The fourth-order valence-corrected chi connectivity index (χ4v) is 4.23. The predicted octanol–water partition coefficient (Wildman–Crippen LogP) is 7.61. The van der Waals surface area contributed by atoms with Crippen molar-refractivity contribution in [2.24, 2.45) is 0 Å². The summed E-state index contributed by atoms with van der Waals surface area (Å²) in [6.45, 7) is 4.22. The van der Waals surface area contributed by atoms with Crippen molar-refractivity contribution >= 4 is 5.91 Å². The number of hydrogen-bond acceptors (Lipinski definition) is 3. The van der Waals surface area contributed by atoms with Crippen LogP contribution in [0, 0.1) is 0 Å². The molecule has 33 heavy (non-hydrogen) atoms. The van der Waals surface area contributed by atoms with E-state index >= 15 is 0 Å². The Balaban J connectivity index is 3.58. The van der Waals surface area contributed by atoms with Crippen LogP contribution in [0.25, 0.3) is 0 Å². The Morgan fingerprint density at radius 2 is 1.12 bits per heavy atom. The first-order chi connectivity index (χ1) is 16.2. The molecular formula is C29H57NO3. The number of carbonyl (C=O) groups excluding carboxylic acids is 1. The average Bonchev–Trinajstić information content (AvgIpc) is 2.82. The molecule has 0 aromatic rings. The van der Waals surface area contributed by atoms with Crippen LogP contribution in [0.3, 0.4) is 0 Å². The van der Waals surface area contributed by atoms with Crippen LogP contribution in [0.1, 0.15) is 149 Å². The van der Waals surface area contributed by atoms with Crippen molar-refractivity contribution in [3.8, 4) is 0 Å². The summed E-state index contributed by atoms with van der Waals surface area (Å²) in [5, 5.41) is 22.5. The highest BCUT2D eigenvalue weighted by atomic mass is 16.3. The summed E-state index contributed by atoms with van der Waals surface area (Å²) in [4.78, 5) is 12.1. The zero-order valence-electron chi connectivity index (χ0n) is 22.2. The summed E-state index contributed by atoms with van der Waals surface area (Å²) in [6.07, 6.45) is 28.7. The summed E-state index contributed by atoms with van der Waals surface area (Å²) in [5.74, 6) is -0.0702. The molecule has 0 saturated heterocycles. The number of hydrogen-bond donors (Lipinski definition) is 3. The van der Waals surface area contributed by atoms with Crippen LogP contribution >= 0.6 is 0 Å². The van der Waals surface area contributed by atoms with Crippen molar-refractivity contribution in [2.75, 3.05) is 6.61 Å². The minimum Gasteiger partial charge on any atom is -0.394 e. The summed E-state index contributed by atoms with van der Waals surface area (Å²) in [5.41, 5.74) is 0. The topological polar surface area (TPSA) is 69.6 Å². The van der Waals surface area contributed by atoms with Gasteiger partial charge in [0.15, 0.2) is 0 Å². The molecule has 0 aromatic heterocycles. The molecule has 0 rings (SSSR count). The molecule has 0 radical (unpaired) electrons. The number of nitrogens with one attached hydrogen (secondary N) is 1. The van der Waals surface area contributed by atoms with Crippen molar-refractivity contribution in [3.05, 3.63) is 12.2 Å². The molecule has 0 heterocycles. The molecule has 0 aliphatic carbocycles. The fourth-order valence-electron chi connectivity index (χ4n) is 4.23. The van der Waals surface area contributed by atoms with Crippen LogP contribution in [0.15, 0.2) is 12.2 Å². The van der Waals surface area contributed by atoms with E-state index in [0.29, 0.717) is 6.42 Å². The number of aliphatic hydroxyl groups is 2. The molecule has 0 bridgehead atoms. The molecule has 0 aliphatic rings. The molecule has 2 unspecified atom stereocenters. The van der Waals surface area contributed by atoms with E-state index in [1.807, 2.05) is 6.08 Å². The summed E-state index contributed by atoms with van der Waals surface area (Å²) in [6, 6.07) is -0.610. The summed E-state index contributed by atoms with van der Waals surface area (Å²) >= 11 is 0. The van der Waals surface area contributed by atoms with E-state index in [2.05, 4.69) is 19.2 Å². The van der Waals surface area contributed by atoms with Crippen molar-refractivity contribution in [1.29, 1.82) is 0 Å². The number of carbonyl (C=O) groups is 1. The number of rotatable bonds is 25. The molecule has 0 saturated carbocycles. The van der Waals surface area contributed by atoms with Gasteiger partial charge in [0.1, 0.15) is 0 Å². The van der Waals surface area contributed by atoms with Gasteiger partial charge in [-0.25, -0.2) is 0 Å². The molecular weight excluding hydrogens is 410 g/mol. The average molecular weight is 468 g/mol. The van der Waals surface area contributed by atoms with Gasteiger partial charge in [0, 0.05) is 6.42 Å². The van der Waals surface area contributed by atoms with Crippen molar-refractivity contribution in [3.63, 3.8) is 0 Å². The fraction of sp³-hybridized carbons (Fsp3) is 0.897. The smallest absolute Gasteiger partial charge is 0.220 e. The Kier molecular flexibility index (Phi) is 25.1. The van der Waals surface area contributed by atoms with E-state index in [9.17, 15) is 15.0 Å². The van der Waals surface area contributed by atoms with Gasteiger partial charge in [0.2, 0.25) is 5.91 Å². The van der Waals surface area contributed by atoms with Gasteiger partial charge < -0.3 is 15.5 Å².